The van der Waals surface area contributed by atoms with E-state index in [1.165, 1.54) is 14.2 Å². The number of sulfonamides is 1. The quantitative estimate of drug-likeness (QED) is 0.461. The molecule has 20 heavy (non-hydrogen) atoms. The van der Waals surface area contributed by atoms with Crippen molar-refractivity contribution >= 4 is 43.2 Å². The van der Waals surface area contributed by atoms with Gasteiger partial charge in [0, 0.05) is 27.3 Å². The lowest BCUT2D eigenvalue weighted by molar-refractivity contribution is 0.189. The molecule has 0 saturated carbocycles. The molecular formula is C11H15BrClFN2O3S. The third-order valence-corrected chi connectivity index (χ3v) is 5.90. The van der Waals surface area contributed by atoms with Crippen LogP contribution in [0.5, 0.6) is 0 Å². The van der Waals surface area contributed by atoms with E-state index in [4.69, 9.17) is 22.1 Å². The minimum Gasteiger partial charge on any atom is -0.395 e. The van der Waals surface area contributed by atoms with Gasteiger partial charge in [0.05, 0.1) is 15.2 Å². The highest BCUT2D eigenvalue weighted by molar-refractivity contribution is 9.10. The number of nitrogen functional groups attached to an aromatic ring is 1. The average molecular weight is 390 g/mol. The van der Waals surface area contributed by atoms with E-state index < -0.39 is 20.7 Å². The van der Waals surface area contributed by atoms with Gasteiger partial charge in [-0.05, 0) is 28.4 Å². The second-order valence-electron chi connectivity index (χ2n) is 4.07. The zero-order valence-electron chi connectivity index (χ0n) is 11.0. The van der Waals surface area contributed by atoms with E-state index in [1.807, 2.05) is 0 Å². The molecule has 0 atom stereocenters. The third kappa shape index (κ3) is 3.62. The van der Waals surface area contributed by atoms with Crippen LogP contribution in [0.3, 0.4) is 0 Å². The molecule has 1 aromatic rings. The van der Waals surface area contributed by atoms with Crippen LogP contribution in [0, 0.1) is 5.82 Å². The van der Waals surface area contributed by atoms with Gasteiger partial charge in [0.15, 0.2) is 5.82 Å². The van der Waals surface area contributed by atoms with Crippen molar-refractivity contribution in [3.05, 3.63) is 21.4 Å². The Balaban J connectivity index is 3.16. The molecule has 0 bridgehead atoms. The number of ether oxygens (including phenoxy) is 1. The maximum atomic E-state index is 14.0. The zero-order valence-corrected chi connectivity index (χ0v) is 14.1. The van der Waals surface area contributed by atoms with Crippen LogP contribution in [0.25, 0.3) is 0 Å². The normalized spacial score (nSPS) is 12.1. The van der Waals surface area contributed by atoms with E-state index in [1.54, 1.807) is 0 Å². The molecule has 0 radical (unpaired) electrons. The van der Waals surface area contributed by atoms with E-state index in [0.717, 1.165) is 10.4 Å². The van der Waals surface area contributed by atoms with Crippen molar-refractivity contribution in [2.75, 3.05) is 33.0 Å². The number of halogens is 3. The first kappa shape index (κ1) is 17.6. The predicted molar refractivity (Wildman–Crippen MR) is 79.8 cm³/mol. The van der Waals surface area contributed by atoms with E-state index in [9.17, 15) is 12.8 Å². The Kier molecular flexibility index (Phi) is 6.21. The van der Waals surface area contributed by atoms with Gasteiger partial charge in [0.1, 0.15) is 4.90 Å². The van der Waals surface area contributed by atoms with Crippen molar-refractivity contribution in [2.24, 2.45) is 0 Å². The summed E-state index contributed by atoms with van der Waals surface area (Å²) < 4.78 is 44.6. The fraction of sp³-hybridized carbons (Fsp3) is 0.455. The summed E-state index contributed by atoms with van der Waals surface area (Å²) in [6, 6.07) is 1.04. The summed E-state index contributed by atoms with van der Waals surface area (Å²) in [5.41, 5.74) is 5.16. The van der Waals surface area contributed by atoms with Gasteiger partial charge in [-0.25, -0.2) is 17.1 Å². The number of methoxy groups -OCH3 is 1. The molecule has 0 amide bonds. The van der Waals surface area contributed by atoms with Gasteiger partial charge in [-0.3, -0.25) is 0 Å². The number of rotatable bonds is 6. The zero-order chi connectivity index (χ0) is 15.5. The predicted octanol–water partition coefficient (Wildman–Crippen LogP) is 2.48. The summed E-state index contributed by atoms with van der Waals surface area (Å²) in [7, 11) is -1.12. The van der Waals surface area contributed by atoms with Gasteiger partial charge < -0.3 is 10.5 Å². The highest BCUT2D eigenvalue weighted by Crippen LogP contribution is 2.35. The maximum Gasteiger partial charge on any atom is 0.245 e. The molecule has 0 aliphatic rings. The smallest absolute Gasteiger partial charge is 0.245 e. The molecule has 2 N–H and O–H groups in total. The van der Waals surface area contributed by atoms with Crippen LogP contribution in [0.4, 0.5) is 10.1 Å². The summed E-state index contributed by atoms with van der Waals surface area (Å²) in [5.74, 6) is -1.01. The molecule has 0 spiro atoms. The minimum atomic E-state index is -3.99. The summed E-state index contributed by atoms with van der Waals surface area (Å²) in [4.78, 5) is -0.539. The lowest BCUT2D eigenvalue weighted by Crippen LogP contribution is -2.29. The Labute approximate surface area is 131 Å². The standard InChI is InChI=1S/C11H15BrClFN2O3S/c1-16(4-3-5-19-2)20(17,18)8-6-7(13)9(12)11(15)10(8)14/h6H,3-5,15H2,1-2H3. The minimum absolute atomic E-state index is 0.0350. The van der Waals surface area contributed by atoms with Crippen LogP contribution >= 0.6 is 27.5 Å². The number of anilines is 1. The van der Waals surface area contributed by atoms with E-state index in [0.29, 0.717) is 13.0 Å². The second-order valence-corrected chi connectivity index (χ2v) is 7.28. The van der Waals surface area contributed by atoms with Crippen LogP contribution in [-0.4, -0.2) is 40.0 Å². The SMILES string of the molecule is COCCCN(C)S(=O)(=O)c1cc(Cl)c(Br)c(N)c1F. The van der Waals surface area contributed by atoms with Gasteiger partial charge in [0.2, 0.25) is 10.0 Å². The lowest BCUT2D eigenvalue weighted by Gasteiger charge is -2.18. The Hall–Kier alpha value is -0.410. The lowest BCUT2D eigenvalue weighted by atomic mass is 10.3. The third-order valence-electron chi connectivity index (χ3n) is 2.67. The van der Waals surface area contributed by atoms with E-state index >= 15 is 0 Å². The number of benzene rings is 1. The van der Waals surface area contributed by atoms with Crippen molar-refractivity contribution < 1.29 is 17.5 Å². The monoisotopic (exact) mass is 388 g/mol. The molecule has 0 aromatic heterocycles. The highest BCUT2D eigenvalue weighted by Gasteiger charge is 2.27. The highest BCUT2D eigenvalue weighted by atomic mass is 79.9. The molecular weight excluding hydrogens is 375 g/mol. The first-order chi connectivity index (χ1) is 9.23. The van der Waals surface area contributed by atoms with Crippen molar-refractivity contribution in [3.8, 4) is 0 Å². The van der Waals surface area contributed by atoms with E-state index in [-0.39, 0.29) is 21.7 Å². The molecule has 1 aromatic carbocycles. The largest absolute Gasteiger partial charge is 0.395 e. The topological polar surface area (TPSA) is 72.6 Å². The summed E-state index contributed by atoms with van der Waals surface area (Å²) in [5, 5.41) is 0.0350. The Morgan fingerprint density at radius 3 is 2.70 bits per heavy atom. The van der Waals surface area contributed by atoms with Gasteiger partial charge in [-0.15, -0.1) is 0 Å². The first-order valence-corrected chi connectivity index (χ1v) is 8.22. The van der Waals surface area contributed by atoms with Crippen LogP contribution in [0.2, 0.25) is 5.02 Å². The molecule has 0 fully saturated rings. The molecule has 114 valence electrons. The fourth-order valence-corrected chi connectivity index (χ4v) is 3.38. The van der Waals surface area contributed by atoms with Gasteiger partial charge >= 0.3 is 0 Å². The molecule has 0 aliphatic carbocycles. The van der Waals surface area contributed by atoms with E-state index in [2.05, 4.69) is 15.9 Å². The molecule has 9 heteroatoms. The van der Waals surface area contributed by atoms with Crippen LogP contribution in [-0.2, 0) is 14.8 Å². The summed E-state index contributed by atoms with van der Waals surface area (Å²) >= 11 is 8.83. The number of nitrogens with two attached hydrogens (primary N) is 1. The van der Waals surface area contributed by atoms with Gasteiger partial charge in [-0.1, -0.05) is 11.6 Å². The summed E-state index contributed by atoms with van der Waals surface area (Å²) in [6.07, 6.45) is 0.494. The van der Waals surface area contributed by atoms with Crippen LogP contribution < -0.4 is 5.73 Å². The van der Waals surface area contributed by atoms with Gasteiger partial charge in [-0.2, -0.15) is 0 Å². The maximum absolute atomic E-state index is 14.0. The summed E-state index contributed by atoms with van der Waals surface area (Å²) in [6.45, 7) is 0.606. The van der Waals surface area contributed by atoms with Crippen LogP contribution in [0.15, 0.2) is 15.4 Å². The van der Waals surface area contributed by atoms with Crippen LogP contribution in [0.1, 0.15) is 6.42 Å². The molecule has 0 heterocycles. The molecule has 0 saturated heterocycles. The number of nitrogens with zero attached hydrogens (tertiary/aromatic N) is 1. The molecule has 5 nitrogen and oxygen atoms in total. The fourth-order valence-electron chi connectivity index (χ4n) is 1.51. The average Bonchev–Trinajstić information content (AvgIpc) is 2.40. The van der Waals surface area contributed by atoms with Crippen molar-refractivity contribution in [1.82, 2.24) is 4.31 Å². The number of hydrogen-bond donors (Lipinski definition) is 1. The Morgan fingerprint density at radius 2 is 2.15 bits per heavy atom. The van der Waals surface area contributed by atoms with Crippen molar-refractivity contribution in [2.45, 2.75) is 11.3 Å². The molecule has 1 rings (SSSR count). The Morgan fingerprint density at radius 1 is 1.55 bits per heavy atom. The van der Waals surface area contributed by atoms with Crippen molar-refractivity contribution in [1.29, 1.82) is 0 Å². The molecule has 0 aliphatic heterocycles. The Bertz CT molecular complexity index is 598. The molecule has 0 unspecified atom stereocenters. The first-order valence-electron chi connectivity index (χ1n) is 5.61. The number of hydrogen-bond acceptors (Lipinski definition) is 4. The second kappa shape index (κ2) is 7.04. The van der Waals surface area contributed by atoms with Gasteiger partial charge in [0.25, 0.3) is 0 Å². The van der Waals surface area contributed by atoms with Crippen molar-refractivity contribution in [3.63, 3.8) is 0 Å².